The van der Waals surface area contributed by atoms with Crippen LogP contribution in [-0.2, 0) is 20.7 Å². The van der Waals surface area contributed by atoms with Crippen LogP contribution in [0.5, 0.6) is 5.75 Å². The monoisotopic (exact) mass is 1060 g/mol. The number of hydrogen-bond acceptors (Lipinski definition) is 14. The van der Waals surface area contributed by atoms with Crippen LogP contribution in [0.4, 0.5) is 38.9 Å². The molecular weight excluding hydrogens is 1000 g/mol. The van der Waals surface area contributed by atoms with Crippen LogP contribution < -0.4 is 35.8 Å². The molecule has 374 valence electrons. The Morgan fingerprint density at radius 3 is 2.29 bits per heavy atom. The topological polar surface area (TPSA) is 187 Å². The number of carbonyl (C=O) groups is 4. The lowest BCUT2D eigenvalue weighted by Gasteiger charge is -2.39. The zero-order valence-corrected chi connectivity index (χ0v) is 43.1. The summed E-state index contributed by atoms with van der Waals surface area (Å²) in [5.41, 5.74) is 4.66. The fourth-order valence-corrected chi connectivity index (χ4v) is 12.2. The van der Waals surface area contributed by atoms with Gasteiger partial charge in [-0.3, -0.25) is 39.0 Å². The van der Waals surface area contributed by atoms with Crippen molar-refractivity contribution in [3.63, 3.8) is 0 Å². The van der Waals surface area contributed by atoms with Crippen LogP contribution in [0.1, 0.15) is 59.7 Å². The zero-order valence-electron chi connectivity index (χ0n) is 40.6. The van der Waals surface area contributed by atoms with Gasteiger partial charge in [-0.15, -0.1) is 0 Å². The van der Waals surface area contributed by atoms with Gasteiger partial charge in [-0.2, -0.15) is 10.1 Å². The number of ether oxygens (including phenoxy) is 1. The van der Waals surface area contributed by atoms with E-state index in [9.17, 15) is 23.7 Å². The standard InChI is InChI=1S/C52H56BrFN11O6P/c1-5-64-30-33(28-56-64)35-25-41(58-52-55-29-38(53)48(60-52)57-40-11-10-32-8-6-7-9-34(32)47(40)72(3,4)70)45(71-2)27-43(35)63-22-20-61(21-23-63)17-14-31-15-18-62(19-16-31)44-26-37-36(24-39(44)54)50(68)65(51(37)69)42-12-13-46(66)59-49(42)67/h6-11,24-31,42H,5,12-23H2,1-4H3,(H,59,66,67)(H2,55,57,58,60). The number of nitrogens with zero attached hydrogens (tertiary/aromatic N) is 8. The number of imide groups is 2. The molecule has 3 saturated heterocycles. The molecule has 1 atom stereocenters. The number of fused-ring (bicyclic) bond motifs is 2. The summed E-state index contributed by atoms with van der Waals surface area (Å²) in [7, 11) is -1.08. The maximum Gasteiger partial charge on any atom is 0.262 e. The average molecular weight is 1060 g/mol. The first-order chi connectivity index (χ1) is 34.7. The molecule has 3 fully saturated rings. The predicted octanol–water partition coefficient (Wildman–Crippen LogP) is 7.99. The number of piperazine rings is 1. The molecule has 20 heteroatoms. The number of aryl methyl sites for hydroxylation is 1. The van der Waals surface area contributed by atoms with Crippen LogP contribution in [0.3, 0.4) is 0 Å². The number of carbonyl (C=O) groups excluding carboxylic acids is 4. The summed E-state index contributed by atoms with van der Waals surface area (Å²) in [5.74, 6) is -1.19. The third-order valence-corrected chi connectivity index (χ3v) is 16.4. The molecule has 4 aliphatic rings. The Labute approximate surface area is 425 Å². The van der Waals surface area contributed by atoms with Gasteiger partial charge in [0.1, 0.15) is 30.6 Å². The van der Waals surface area contributed by atoms with Gasteiger partial charge >= 0.3 is 0 Å². The van der Waals surface area contributed by atoms with Crippen molar-refractivity contribution >= 4 is 97.3 Å². The molecule has 0 aliphatic carbocycles. The van der Waals surface area contributed by atoms with Crippen molar-refractivity contribution in [2.24, 2.45) is 5.92 Å². The molecule has 17 nitrogen and oxygen atoms in total. The molecule has 0 saturated carbocycles. The lowest BCUT2D eigenvalue weighted by molar-refractivity contribution is -0.136. The zero-order chi connectivity index (χ0) is 50.4. The summed E-state index contributed by atoms with van der Waals surface area (Å²) in [6, 6.07) is 17.5. The van der Waals surface area contributed by atoms with E-state index in [1.807, 2.05) is 58.4 Å². The highest BCUT2D eigenvalue weighted by Gasteiger charge is 2.45. The minimum Gasteiger partial charge on any atom is -0.494 e. The summed E-state index contributed by atoms with van der Waals surface area (Å²) >= 11 is 3.63. The summed E-state index contributed by atoms with van der Waals surface area (Å²) in [4.78, 5) is 68.1. The first-order valence-corrected chi connectivity index (χ1v) is 27.7. The molecule has 72 heavy (non-hydrogen) atoms. The Kier molecular flexibility index (Phi) is 13.6. The molecule has 4 aliphatic heterocycles. The van der Waals surface area contributed by atoms with Crippen molar-refractivity contribution in [2.45, 2.75) is 51.6 Å². The highest BCUT2D eigenvalue weighted by molar-refractivity contribution is 9.10. The number of anilines is 6. The van der Waals surface area contributed by atoms with Gasteiger partial charge in [-0.1, -0.05) is 30.3 Å². The number of aromatic nitrogens is 4. The highest BCUT2D eigenvalue weighted by Crippen LogP contribution is 2.44. The highest BCUT2D eigenvalue weighted by atomic mass is 79.9. The summed E-state index contributed by atoms with van der Waals surface area (Å²) in [6.45, 7) is 11.8. The first kappa shape index (κ1) is 48.9. The largest absolute Gasteiger partial charge is 0.494 e. The number of nitrogens with one attached hydrogen (secondary N) is 3. The van der Waals surface area contributed by atoms with Crippen LogP contribution in [0.2, 0.25) is 0 Å². The number of halogens is 2. The van der Waals surface area contributed by atoms with E-state index in [2.05, 4.69) is 70.8 Å². The van der Waals surface area contributed by atoms with Gasteiger partial charge in [-0.25, -0.2) is 9.37 Å². The van der Waals surface area contributed by atoms with E-state index in [4.69, 9.17) is 9.72 Å². The lowest BCUT2D eigenvalue weighted by Crippen LogP contribution is -2.54. The first-order valence-electron chi connectivity index (χ1n) is 24.3. The number of hydrogen-bond donors (Lipinski definition) is 3. The molecule has 0 bridgehead atoms. The number of rotatable bonds is 14. The minimum atomic E-state index is -2.72. The Bertz CT molecular complexity index is 3180. The second kappa shape index (κ2) is 20.1. The molecule has 1 unspecified atom stereocenters. The summed E-state index contributed by atoms with van der Waals surface area (Å²) in [5, 5.41) is 16.4. The molecule has 4 amide bonds. The van der Waals surface area contributed by atoms with E-state index in [0.717, 1.165) is 102 Å². The van der Waals surface area contributed by atoms with Gasteiger partial charge in [-0.05, 0) is 109 Å². The van der Waals surface area contributed by atoms with Crippen molar-refractivity contribution in [1.29, 1.82) is 0 Å². The molecule has 3 N–H and O–H groups in total. The van der Waals surface area contributed by atoms with Crippen molar-refractivity contribution in [1.82, 2.24) is 34.9 Å². The molecule has 0 spiro atoms. The maximum absolute atomic E-state index is 15.6. The minimum absolute atomic E-state index is 0.0131. The van der Waals surface area contributed by atoms with Gasteiger partial charge in [0.2, 0.25) is 17.8 Å². The second-order valence-electron chi connectivity index (χ2n) is 19.2. The van der Waals surface area contributed by atoms with Crippen molar-refractivity contribution in [2.75, 3.05) is 86.7 Å². The molecule has 6 aromatic rings. The van der Waals surface area contributed by atoms with E-state index in [1.54, 1.807) is 26.6 Å². The SMILES string of the molecule is CCn1cc(-c2cc(Nc3ncc(Br)c(Nc4ccc5ccccc5c4P(C)(C)=O)n3)c(OC)cc2N2CCN(CCC3CCN(c4cc5c(cc4F)C(=O)N(C4CCC(=O)NC4=O)C5=O)CC3)CC2)cn1. The number of methoxy groups -OCH3 is 1. The van der Waals surface area contributed by atoms with Gasteiger partial charge in [0.05, 0.1) is 46.0 Å². The fraction of sp³-hybridized carbons (Fsp3) is 0.365. The Hall–Kier alpha value is -6.69. The van der Waals surface area contributed by atoms with Crippen molar-refractivity contribution in [3.8, 4) is 16.9 Å². The van der Waals surface area contributed by atoms with Gasteiger partial charge in [0, 0.05) is 92.8 Å². The molecule has 4 aromatic carbocycles. The average Bonchev–Trinajstić information content (AvgIpc) is 3.95. The summed E-state index contributed by atoms with van der Waals surface area (Å²) < 4.78 is 37.9. The van der Waals surface area contributed by atoms with E-state index < -0.39 is 42.6 Å². The van der Waals surface area contributed by atoms with Gasteiger partial charge < -0.3 is 29.7 Å². The lowest BCUT2D eigenvalue weighted by atomic mass is 9.92. The Balaban J connectivity index is 0.791. The molecule has 2 aromatic heterocycles. The second-order valence-corrected chi connectivity index (χ2v) is 23.2. The predicted molar refractivity (Wildman–Crippen MR) is 281 cm³/mol. The molecular formula is C52H56BrFN11O6P. The normalized spacial score (nSPS) is 18.0. The molecule has 6 heterocycles. The van der Waals surface area contributed by atoms with Crippen molar-refractivity contribution in [3.05, 3.63) is 101 Å². The number of amides is 4. The quantitative estimate of drug-likeness (QED) is 0.0704. The van der Waals surface area contributed by atoms with Gasteiger partial charge in [0.15, 0.2) is 0 Å². The molecule has 10 rings (SSSR count). The Morgan fingerprint density at radius 1 is 0.847 bits per heavy atom. The molecule has 0 radical (unpaired) electrons. The van der Waals surface area contributed by atoms with Crippen LogP contribution in [-0.4, -0.2) is 125 Å². The third kappa shape index (κ3) is 9.69. The fourth-order valence-electron chi connectivity index (χ4n) is 10.5. The number of benzene rings is 4. The van der Waals surface area contributed by atoms with Crippen LogP contribution in [0.15, 0.2) is 83.7 Å². The summed E-state index contributed by atoms with van der Waals surface area (Å²) in [6.07, 6.45) is 8.38. The van der Waals surface area contributed by atoms with Crippen LogP contribution >= 0.6 is 23.1 Å². The van der Waals surface area contributed by atoms with Gasteiger partial charge in [0.25, 0.3) is 11.8 Å². The van der Waals surface area contributed by atoms with E-state index in [1.165, 1.54) is 6.07 Å². The van der Waals surface area contributed by atoms with Crippen molar-refractivity contribution < 1.29 is 32.9 Å². The number of piperidine rings is 2. The van der Waals surface area contributed by atoms with E-state index in [0.29, 0.717) is 52.4 Å². The van der Waals surface area contributed by atoms with Crippen LogP contribution in [0, 0.1) is 11.7 Å². The van der Waals surface area contributed by atoms with Crippen LogP contribution in [0.25, 0.3) is 21.9 Å². The maximum atomic E-state index is 15.6. The third-order valence-electron chi connectivity index (χ3n) is 14.3. The van der Waals surface area contributed by atoms with E-state index in [-0.39, 0.29) is 29.7 Å². The smallest absolute Gasteiger partial charge is 0.262 e. The Morgan fingerprint density at radius 2 is 1.58 bits per heavy atom. The van der Waals surface area contributed by atoms with E-state index >= 15 is 4.39 Å².